The lowest BCUT2D eigenvalue weighted by Gasteiger charge is -2.21. The maximum Gasteiger partial charge on any atom is 0.416 e. The van der Waals surface area contributed by atoms with Crippen molar-refractivity contribution in [1.82, 2.24) is 15.1 Å². The van der Waals surface area contributed by atoms with E-state index in [9.17, 15) is 23.3 Å². The van der Waals surface area contributed by atoms with E-state index in [-0.39, 0.29) is 29.2 Å². The van der Waals surface area contributed by atoms with Crippen LogP contribution in [0.15, 0.2) is 60.8 Å². The number of non-ortho nitro benzene ring substituents is 1. The summed E-state index contributed by atoms with van der Waals surface area (Å²) in [6, 6.07) is 12.7. The first-order valence-corrected chi connectivity index (χ1v) is 11.3. The summed E-state index contributed by atoms with van der Waals surface area (Å²) in [7, 11) is 0. The fourth-order valence-electron chi connectivity index (χ4n) is 4.27. The molecule has 1 aliphatic heterocycles. The number of aromatic nitrogens is 2. The Morgan fingerprint density at radius 2 is 1.74 bits per heavy atom. The number of hydrogen-bond acceptors (Lipinski definition) is 5. The Kier molecular flexibility index (Phi) is 6.59. The molecule has 7 nitrogen and oxygen atoms in total. The van der Waals surface area contributed by atoms with E-state index in [1.807, 2.05) is 37.7 Å². The number of ether oxygens (including phenoxy) is 1. The van der Waals surface area contributed by atoms with E-state index in [0.29, 0.717) is 18.8 Å². The second-order valence-corrected chi connectivity index (χ2v) is 9.72. The first kappa shape index (κ1) is 24.7. The maximum atomic E-state index is 13.1. The minimum atomic E-state index is -4.40. The molecule has 0 spiro atoms. The van der Waals surface area contributed by atoms with Crippen LogP contribution in [-0.2, 0) is 11.7 Å². The lowest BCUT2D eigenvalue weighted by atomic mass is 9.90. The number of alkyl halides is 3. The van der Waals surface area contributed by atoms with Gasteiger partial charge in [-0.15, -0.1) is 0 Å². The summed E-state index contributed by atoms with van der Waals surface area (Å²) < 4.78 is 46.9. The molecule has 2 heterocycles. The van der Waals surface area contributed by atoms with Crippen molar-refractivity contribution in [2.75, 3.05) is 6.61 Å². The molecule has 3 atom stereocenters. The number of benzene rings is 2. The summed E-state index contributed by atoms with van der Waals surface area (Å²) in [5.74, 6) is 0.435. The predicted octanol–water partition coefficient (Wildman–Crippen LogP) is 5.83. The fourth-order valence-corrected chi connectivity index (χ4v) is 4.27. The summed E-state index contributed by atoms with van der Waals surface area (Å²) in [5, 5.41) is 19.1. The summed E-state index contributed by atoms with van der Waals surface area (Å²) in [4.78, 5) is 10.4. The Hall–Kier alpha value is -3.40. The summed E-state index contributed by atoms with van der Waals surface area (Å²) in [6.07, 6.45) is -1.81. The number of halogens is 3. The minimum absolute atomic E-state index is 0.0202. The van der Waals surface area contributed by atoms with Crippen LogP contribution in [0, 0.1) is 10.1 Å². The van der Waals surface area contributed by atoms with Gasteiger partial charge in [0.2, 0.25) is 0 Å². The Morgan fingerprint density at radius 3 is 2.29 bits per heavy atom. The van der Waals surface area contributed by atoms with Crippen LogP contribution >= 0.6 is 0 Å². The predicted molar refractivity (Wildman–Crippen MR) is 124 cm³/mol. The smallest absolute Gasteiger partial charge is 0.416 e. The van der Waals surface area contributed by atoms with Gasteiger partial charge in [-0.05, 0) is 63.1 Å². The Balaban J connectivity index is 1.54. The van der Waals surface area contributed by atoms with Crippen molar-refractivity contribution in [3.63, 3.8) is 0 Å². The summed E-state index contributed by atoms with van der Waals surface area (Å²) >= 11 is 0. The molecule has 0 aliphatic carbocycles. The standard InChI is InChI=1S/C25H27F3N4O3/c1-24(2,3)31-13-12-22(30-31)21-14-18(15-35-20-10-8-19(9-11-20)32(33)34)29-23(21)16-4-6-17(7-5-16)25(26,27)28/h4-13,18,21,23,29H,14-15H2,1-3H3/t18-,21?,23-/m0/s1. The molecule has 0 radical (unpaired) electrons. The SMILES string of the molecule is CC(C)(C)n1ccc(C2C[C@@H](COc3ccc([N+](=O)[O-])cc3)N[C@H]2c2ccc(C(F)(F)F)cc2)n1. The molecule has 0 bridgehead atoms. The number of nitro groups is 1. The highest BCUT2D eigenvalue weighted by molar-refractivity contribution is 5.36. The monoisotopic (exact) mass is 488 g/mol. The normalized spacial score (nSPS) is 20.7. The number of nitrogens with one attached hydrogen (secondary N) is 1. The van der Waals surface area contributed by atoms with Crippen molar-refractivity contribution < 1.29 is 22.8 Å². The second kappa shape index (κ2) is 9.33. The zero-order valence-electron chi connectivity index (χ0n) is 19.6. The molecule has 1 unspecified atom stereocenters. The van der Waals surface area contributed by atoms with E-state index in [1.54, 1.807) is 12.1 Å². The molecule has 10 heteroatoms. The van der Waals surface area contributed by atoms with Crippen molar-refractivity contribution in [1.29, 1.82) is 0 Å². The Labute approximate surface area is 201 Å². The van der Waals surface area contributed by atoms with Gasteiger partial charge in [0, 0.05) is 36.3 Å². The van der Waals surface area contributed by atoms with E-state index in [4.69, 9.17) is 9.84 Å². The van der Waals surface area contributed by atoms with E-state index >= 15 is 0 Å². The molecular formula is C25H27F3N4O3. The number of hydrogen-bond donors (Lipinski definition) is 1. The third kappa shape index (κ3) is 5.64. The molecule has 1 saturated heterocycles. The first-order chi connectivity index (χ1) is 16.4. The van der Waals surface area contributed by atoms with Crippen molar-refractivity contribution in [3.8, 4) is 5.75 Å². The van der Waals surface area contributed by atoms with Gasteiger partial charge in [-0.1, -0.05) is 12.1 Å². The molecule has 0 saturated carbocycles. The highest BCUT2D eigenvalue weighted by atomic mass is 19.4. The van der Waals surface area contributed by atoms with Crippen molar-refractivity contribution in [2.45, 2.75) is 56.9 Å². The van der Waals surface area contributed by atoms with Crippen LogP contribution in [0.1, 0.15) is 56.0 Å². The van der Waals surface area contributed by atoms with Crippen LogP contribution in [0.2, 0.25) is 0 Å². The molecule has 1 aromatic heterocycles. The second-order valence-electron chi connectivity index (χ2n) is 9.72. The third-order valence-electron chi connectivity index (χ3n) is 6.13. The van der Waals surface area contributed by atoms with Gasteiger partial charge >= 0.3 is 6.18 Å². The molecule has 35 heavy (non-hydrogen) atoms. The molecular weight excluding hydrogens is 461 g/mol. The summed E-state index contributed by atoms with van der Waals surface area (Å²) in [5.41, 5.74) is 0.687. The molecule has 3 aromatic rings. The van der Waals surface area contributed by atoms with E-state index in [0.717, 1.165) is 23.4 Å². The van der Waals surface area contributed by atoms with Crippen LogP contribution in [0.4, 0.5) is 18.9 Å². The van der Waals surface area contributed by atoms with E-state index < -0.39 is 16.7 Å². The number of nitrogens with zero attached hydrogens (tertiary/aromatic N) is 3. The average Bonchev–Trinajstić information content (AvgIpc) is 3.45. The van der Waals surface area contributed by atoms with Gasteiger partial charge in [-0.25, -0.2) is 0 Å². The van der Waals surface area contributed by atoms with Crippen LogP contribution in [0.25, 0.3) is 0 Å². The Morgan fingerprint density at radius 1 is 1.09 bits per heavy atom. The van der Waals surface area contributed by atoms with Gasteiger partial charge < -0.3 is 10.1 Å². The lowest BCUT2D eigenvalue weighted by Crippen LogP contribution is -2.30. The average molecular weight is 489 g/mol. The largest absolute Gasteiger partial charge is 0.492 e. The van der Waals surface area contributed by atoms with Crippen LogP contribution in [0.5, 0.6) is 5.75 Å². The molecule has 1 aliphatic rings. The topological polar surface area (TPSA) is 82.2 Å². The summed E-state index contributed by atoms with van der Waals surface area (Å²) in [6.45, 7) is 6.44. The highest BCUT2D eigenvalue weighted by Gasteiger charge is 2.38. The van der Waals surface area contributed by atoms with Crippen LogP contribution < -0.4 is 10.1 Å². The van der Waals surface area contributed by atoms with E-state index in [1.165, 1.54) is 24.3 Å². The molecule has 2 aromatic carbocycles. The maximum absolute atomic E-state index is 13.1. The molecule has 1 N–H and O–H groups in total. The van der Waals surface area contributed by atoms with Gasteiger partial charge in [0.1, 0.15) is 12.4 Å². The molecule has 0 amide bonds. The van der Waals surface area contributed by atoms with Crippen molar-refractivity contribution >= 4 is 5.69 Å². The zero-order chi connectivity index (χ0) is 25.4. The van der Waals surface area contributed by atoms with Crippen molar-refractivity contribution in [2.24, 2.45) is 0 Å². The lowest BCUT2D eigenvalue weighted by molar-refractivity contribution is -0.384. The quantitative estimate of drug-likeness (QED) is 0.349. The van der Waals surface area contributed by atoms with Crippen LogP contribution in [0.3, 0.4) is 0 Å². The first-order valence-electron chi connectivity index (χ1n) is 11.3. The zero-order valence-corrected chi connectivity index (χ0v) is 19.6. The van der Waals surface area contributed by atoms with E-state index in [2.05, 4.69) is 5.32 Å². The van der Waals surface area contributed by atoms with Gasteiger partial charge in [0.15, 0.2) is 0 Å². The minimum Gasteiger partial charge on any atom is -0.492 e. The number of rotatable bonds is 6. The Bertz CT molecular complexity index is 1170. The highest BCUT2D eigenvalue weighted by Crippen LogP contribution is 2.41. The molecule has 186 valence electrons. The molecule has 4 rings (SSSR count). The fraction of sp³-hybridized carbons (Fsp3) is 0.400. The molecule has 1 fully saturated rings. The van der Waals surface area contributed by atoms with Gasteiger partial charge in [0.05, 0.1) is 21.7 Å². The van der Waals surface area contributed by atoms with Crippen molar-refractivity contribution in [3.05, 3.63) is 87.7 Å². The number of nitro benzene ring substituents is 1. The van der Waals surface area contributed by atoms with Gasteiger partial charge in [-0.3, -0.25) is 14.8 Å². The van der Waals surface area contributed by atoms with Crippen LogP contribution in [-0.4, -0.2) is 27.4 Å². The van der Waals surface area contributed by atoms with Gasteiger partial charge in [-0.2, -0.15) is 18.3 Å². The third-order valence-corrected chi connectivity index (χ3v) is 6.13. The van der Waals surface area contributed by atoms with Gasteiger partial charge in [0.25, 0.3) is 5.69 Å².